The van der Waals surface area contributed by atoms with Crippen LogP contribution in [0.2, 0.25) is 5.02 Å². The molecule has 0 aliphatic carbocycles. The van der Waals surface area contributed by atoms with Crippen molar-refractivity contribution in [1.29, 1.82) is 0 Å². The zero-order valence-corrected chi connectivity index (χ0v) is 10.6. The summed E-state index contributed by atoms with van der Waals surface area (Å²) in [5.41, 5.74) is 0.785. The van der Waals surface area contributed by atoms with Crippen molar-refractivity contribution in [3.63, 3.8) is 0 Å². The molecule has 1 aliphatic rings. The lowest BCUT2D eigenvalue weighted by Crippen LogP contribution is -2.51. The summed E-state index contributed by atoms with van der Waals surface area (Å²) >= 11 is 6.03. The zero-order chi connectivity index (χ0) is 12.4. The lowest BCUT2D eigenvalue weighted by molar-refractivity contribution is -0.123. The highest BCUT2D eigenvalue weighted by molar-refractivity contribution is 6.32. The molecule has 0 bridgehead atoms. The molecule has 0 unspecified atom stereocenters. The van der Waals surface area contributed by atoms with Gasteiger partial charge in [0.1, 0.15) is 5.75 Å². The number of benzene rings is 1. The number of rotatable bonds is 3. The Morgan fingerprint density at radius 2 is 2.24 bits per heavy atom. The number of carbonyl (C=O) groups excluding carboxylic acids is 1. The summed E-state index contributed by atoms with van der Waals surface area (Å²) in [6.45, 7) is 1.51. The number of nitrogens with one attached hydrogen (secondary N) is 1. The number of hydrogen-bond donors (Lipinski definition) is 1. The van der Waals surface area contributed by atoms with Gasteiger partial charge in [-0.25, -0.2) is 0 Å². The van der Waals surface area contributed by atoms with Gasteiger partial charge in [-0.1, -0.05) is 11.6 Å². The fourth-order valence-corrected chi connectivity index (χ4v) is 1.98. The largest absolute Gasteiger partial charge is 0.495 e. The maximum absolute atomic E-state index is 12.0. The van der Waals surface area contributed by atoms with E-state index in [1.807, 2.05) is 6.07 Å². The third kappa shape index (κ3) is 2.37. The molecule has 92 valence electrons. The van der Waals surface area contributed by atoms with Crippen LogP contribution >= 0.6 is 11.6 Å². The van der Waals surface area contributed by atoms with Gasteiger partial charge in [-0.2, -0.15) is 0 Å². The van der Waals surface area contributed by atoms with Crippen LogP contribution in [0.1, 0.15) is 0 Å². The highest BCUT2D eigenvalue weighted by Gasteiger charge is 2.28. The van der Waals surface area contributed by atoms with Crippen LogP contribution in [0.25, 0.3) is 0 Å². The van der Waals surface area contributed by atoms with E-state index in [0.29, 0.717) is 10.8 Å². The van der Waals surface area contributed by atoms with Crippen LogP contribution in [0, 0.1) is 5.92 Å². The molecular formula is C12H15ClN2O2. The Kier molecular flexibility index (Phi) is 3.54. The van der Waals surface area contributed by atoms with Gasteiger partial charge in [-0.3, -0.25) is 4.79 Å². The first-order valence-corrected chi connectivity index (χ1v) is 5.83. The van der Waals surface area contributed by atoms with Crippen molar-refractivity contribution in [2.45, 2.75) is 0 Å². The van der Waals surface area contributed by atoms with E-state index in [2.05, 4.69) is 5.32 Å². The van der Waals surface area contributed by atoms with Gasteiger partial charge in [0.25, 0.3) is 0 Å². The topological polar surface area (TPSA) is 41.6 Å². The number of hydrogen-bond acceptors (Lipinski definition) is 3. The van der Waals surface area contributed by atoms with Crippen LogP contribution in [-0.4, -0.2) is 33.2 Å². The van der Waals surface area contributed by atoms with Gasteiger partial charge >= 0.3 is 0 Å². The molecule has 0 spiro atoms. The molecule has 0 aromatic heterocycles. The quantitative estimate of drug-likeness (QED) is 0.890. The summed E-state index contributed by atoms with van der Waals surface area (Å²) in [5, 5.41) is 3.60. The number of anilines is 1. The van der Waals surface area contributed by atoms with Crippen LogP contribution in [0.15, 0.2) is 18.2 Å². The van der Waals surface area contributed by atoms with Crippen molar-refractivity contribution in [3.8, 4) is 5.75 Å². The molecule has 1 fully saturated rings. The zero-order valence-electron chi connectivity index (χ0n) is 9.87. The second-order valence-electron chi connectivity index (χ2n) is 4.07. The van der Waals surface area contributed by atoms with Crippen molar-refractivity contribution >= 4 is 23.2 Å². The maximum Gasteiger partial charge on any atom is 0.232 e. The van der Waals surface area contributed by atoms with Gasteiger partial charge in [0.15, 0.2) is 0 Å². The van der Waals surface area contributed by atoms with Crippen LogP contribution in [-0.2, 0) is 4.79 Å². The van der Waals surface area contributed by atoms with Crippen molar-refractivity contribution in [2.75, 3.05) is 32.1 Å². The Labute approximate surface area is 106 Å². The molecule has 5 heteroatoms. The molecule has 0 atom stereocenters. The normalized spacial score (nSPS) is 15.2. The molecule has 17 heavy (non-hydrogen) atoms. The molecule has 0 saturated carbocycles. The summed E-state index contributed by atoms with van der Waals surface area (Å²) in [6, 6.07) is 5.33. The van der Waals surface area contributed by atoms with E-state index in [9.17, 15) is 4.79 Å². The van der Waals surface area contributed by atoms with E-state index in [1.54, 1.807) is 31.2 Å². The Morgan fingerprint density at radius 3 is 2.71 bits per heavy atom. The molecule has 1 aromatic carbocycles. The second-order valence-corrected chi connectivity index (χ2v) is 4.48. The average molecular weight is 255 g/mol. The van der Waals surface area contributed by atoms with Crippen LogP contribution in [0.4, 0.5) is 5.69 Å². The molecule has 1 aliphatic heterocycles. The SMILES string of the molecule is COc1ccc(N(C)C(=O)C2CNC2)cc1Cl. The summed E-state index contributed by atoms with van der Waals surface area (Å²) in [7, 11) is 3.33. The first-order chi connectivity index (χ1) is 8.13. The van der Waals surface area contributed by atoms with E-state index in [1.165, 1.54) is 0 Å². The van der Waals surface area contributed by atoms with Crippen molar-refractivity contribution in [2.24, 2.45) is 5.92 Å². The van der Waals surface area contributed by atoms with Gasteiger partial charge in [0.05, 0.1) is 18.1 Å². The number of amides is 1. The molecule has 1 N–H and O–H groups in total. The minimum absolute atomic E-state index is 0.0841. The lowest BCUT2D eigenvalue weighted by atomic mass is 10.0. The summed E-state index contributed by atoms with van der Waals surface area (Å²) < 4.78 is 5.07. The maximum atomic E-state index is 12.0. The van der Waals surface area contributed by atoms with E-state index in [0.717, 1.165) is 18.8 Å². The molecule has 1 aromatic rings. The monoisotopic (exact) mass is 254 g/mol. The van der Waals surface area contributed by atoms with E-state index in [-0.39, 0.29) is 11.8 Å². The Morgan fingerprint density at radius 1 is 1.53 bits per heavy atom. The standard InChI is InChI=1S/C12H15ClN2O2/c1-15(12(16)8-6-14-7-8)9-3-4-11(17-2)10(13)5-9/h3-5,8,14H,6-7H2,1-2H3. The molecular weight excluding hydrogens is 240 g/mol. The van der Waals surface area contributed by atoms with Crippen molar-refractivity contribution < 1.29 is 9.53 Å². The fraction of sp³-hybridized carbons (Fsp3) is 0.417. The van der Waals surface area contributed by atoms with Crippen molar-refractivity contribution in [1.82, 2.24) is 5.32 Å². The number of halogens is 1. The van der Waals surface area contributed by atoms with Crippen LogP contribution in [0.5, 0.6) is 5.75 Å². The van der Waals surface area contributed by atoms with Gasteiger partial charge in [-0.15, -0.1) is 0 Å². The molecule has 1 amide bonds. The summed E-state index contributed by atoms with van der Waals surface area (Å²) in [6.07, 6.45) is 0. The fourth-order valence-electron chi connectivity index (χ4n) is 1.73. The van der Waals surface area contributed by atoms with Gasteiger partial charge in [0, 0.05) is 25.8 Å². The number of ether oxygens (including phenoxy) is 1. The Bertz CT molecular complexity index is 433. The predicted molar refractivity (Wildman–Crippen MR) is 67.8 cm³/mol. The van der Waals surface area contributed by atoms with E-state index in [4.69, 9.17) is 16.3 Å². The predicted octanol–water partition coefficient (Wildman–Crippen LogP) is 1.53. The molecule has 1 saturated heterocycles. The molecule has 0 radical (unpaired) electrons. The highest BCUT2D eigenvalue weighted by atomic mass is 35.5. The number of nitrogens with zero attached hydrogens (tertiary/aromatic N) is 1. The van der Waals surface area contributed by atoms with E-state index >= 15 is 0 Å². The third-order valence-electron chi connectivity index (χ3n) is 2.98. The lowest BCUT2D eigenvalue weighted by Gasteiger charge is -2.30. The Hall–Kier alpha value is -1.26. The third-order valence-corrected chi connectivity index (χ3v) is 3.28. The highest BCUT2D eigenvalue weighted by Crippen LogP contribution is 2.29. The Balaban J connectivity index is 2.15. The van der Waals surface area contributed by atoms with Crippen LogP contribution in [0.3, 0.4) is 0 Å². The smallest absolute Gasteiger partial charge is 0.232 e. The first kappa shape index (κ1) is 12.2. The molecule has 2 rings (SSSR count). The number of carbonyl (C=O) groups is 1. The molecule has 1 heterocycles. The number of methoxy groups -OCH3 is 1. The van der Waals surface area contributed by atoms with Gasteiger partial charge in [-0.05, 0) is 18.2 Å². The average Bonchev–Trinajstić information content (AvgIpc) is 2.25. The second kappa shape index (κ2) is 4.94. The summed E-state index contributed by atoms with van der Waals surface area (Å²) in [4.78, 5) is 13.6. The minimum atomic E-state index is 0.0841. The van der Waals surface area contributed by atoms with Gasteiger partial charge < -0.3 is 15.0 Å². The van der Waals surface area contributed by atoms with E-state index < -0.39 is 0 Å². The minimum Gasteiger partial charge on any atom is -0.495 e. The summed E-state index contributed by atoms with van der Waals surface area (Å²) in [5.74, 6) is 0.812. The van der Waals surface area contributed by atoms with Gasteiger partial charge in [0.2, 0.25) is 5.91 Å². The first-order valence-electron chi connectivity index (χ1n) is 5.45. The molecule has 4 nitrogen and oxygen atoms in total. The van der Waals surface area contributed by atoms with Crippen molar-refractivity contribution in [3.05, 3.63) is 23.2 Å². The van der Waals surface area contributed by atoms with Crippen LogP contribution < -0.4 is 15.0 Å².